The Morgan fingerprint density at radius 3 is 2.48 bits per heavy atom. The van der Waals surface area contributed by atoms with Crippen molar-refractivity contribution in [2.75, 3.05) is 44.6 Å². The van der Waals surface area contributed by atoms with Gasteiger partial charge in [0, 0.05) is 56.2 Å². The first kappa shape index (κ1) is 34.6. The molecule has 2 amide bonds. The predicted octanol–water partition coefficient (Wildman–Crippen LogP) is 4.91. The number of carbonyl (C=O) groups is 2. The van der Waals surface area contributed by atoms with Crippen molar-refractivity contribution in [1.82, 2.24) is 20.5 Å². The van der Waals surface area contributed by atoms with E-state index in [1.54, 1.807) is 12.1 Å². The smallest absolute Gasteiger partial charge is 0.411 e. The van der Waals surface area contributed by atoms with Crippen molar-refractivity contribution in [2.45, 2.75) is 50.7 Å². The number of carbonyl (C=O) groups excluding carboxylic acids is 2. The molecule has 0 aliphatic carbocycles. The van der Waals surface area contributed by atoms with E-state index in [2.05, 4.69) is 25.8 Å². The monoisotopic (exact) mass is 655 g/mol. The van der Waals surface area contributed by atoms with Gasteiger partial charge in [0.2, 0.25) is 11.5 Å². The van der Waals surface area contributed by atoms with Crippen LogP contribution in [0.2, 0.25) is 0 Å². The van der Waals surface area contributed by atoms with Gasteiger partial charge in [0.1, 0.15) is 11.9 Å². The van der Waals surface area contributed by atoms with E-state index in [0.29, 0.717) is 48.2 Å². The zero-order chi connectivity index (χ0) is 33.7. The highest BCUT2D eigenvalue weighted by atomic mass is 16.6. The molecule has 254 valence electrons. The second-order valence-corrected chi connectivity index (χ2v) is 12.1. The minimum atomic E-state index is -0.788. The molecule has 11 heteroatoms. The summed E-state index contributed by atoms with van der Waals surface area (Å²) in [7, 11) is 0. The van der Waals surface area contributed by atoms with Gasteiger partial charge in [0.25, 0.3) is 0 Å². The summed E-state index contributed by atoms with van der Waals surface area (Å²) in [5, 5.41) is 30.5. The average molecular weight is 656 g/mol. The molecule has 4 aromatic rings. The number of fused-ring (bicyclic) bond motifs is 1. The van der Waals surface area contributed by atoms with Crippen LogP contribution in [0.5, 0.6) is 5.75 Å². The number of phenolic OH excluding ortho intramolecular Hbond substituents is 1. The molecule has 1 fully saturated rings. The molecule has 0 saturated carbocycles. The van der Waals surface area contributed by atoms with Crippen molar-refractivity contribution in [3.8, 4) is 16.9 Å². The van der Waals surface area contributed by atoms with Crippen LogP contribution in [0, 0.1) is 0 Å². The molecule has 2 heterocycles. The number of rotatable bonds is 15. The molecule has 0 bridgehead atoms. The van der Waals surface area contributed by atoms with Gasteiger partial charge in [0.15, 0.2) is 0 Å². The molecule has 6 N–H and O–H groups in total. The molecule has 1 saturated heterocycles. The highest BCUT2D eigenvalue weighted by Gasteiger charge is 2.23. The summed E-state index contributed by atoms with van der Waals surface area (Å²) in [6.07, 6.45) is 3.20. The molecule has 1 atom stereocenters. The van der Waals surface area contributed by atoms with Crippen LogP contribution in [-0.4, -0.2) is 77.5 Å². The van der Waals surface area contributed by atoms with E-state index >= 15 is 0 Å². The number of hydrogen-bond acceptors (Lipinski definition) is 8. The SMILES string of the molecule is O=C(CCN1CCC(OC(=O)Nc2ccccc2-c2ccccc2)CC1)NCCCCCNC[C@@H](O)c1ccc(O)c2[nH]c(=O)ccc12. The lowest BCUT2D eigenvalue weighted by Crippen LogP contribution is -2.40. The molecule has 48 heavy (non-hydrogen) atoms. The number of aliphatic hydroxyl groups excluding tert-OH is 1. The van der Waals surface area contributed by atoms with Crippen LogP contribution in [0.1, 0.15) is 50.2 Å². The summed E-state index contributed by atoms with van der Waals surface area (Å²) >= 11 is 0. The summed E-state index contributed by atoms with van der Waals surface area (Å²) in [6, 6.07) is 23.7. The predicted molar refractivity (Wildman–Crippen MR) is 187 cm³/mol. The quantitative estimate of drug-likeness (QED) is 0.0987. The Balaban J connectivity index is 0.898. The van der Waals surface area contributed by atoms with Crippen LogP contribution in [-0.2, 0) is 9.53 Å². The number of unbranched alkanes of at least 4 members (excludes halogenated alkanes) is 2. The number of amides is 2. The van der Waals surface area contributed by atoms with Crippen LogP contribution in [0.4, 0.5) is 10.5 Å². The van der Waals surface area contributed by atoms with Crippen molar-refractivity contribution in [3.05, 3.63) is 94.8 Å². The van der Waals surface area contributed by atoms with E-state index < -0.39 is 12.2 Å². The standard InChI is InChI=1S/C37H45N5O6/c43-32-15-13-29(30-14-16-35(46)41-36(30)32)33(44)25-38-20-7-2-8-21-39-34(45)19-24-42-22-17-27(18-23-42)48-37(47)40-31-12-6-5-11-28(31)26-9-3-1-4-10-26/h1,3-6,9-16,27,33,38,43-44H,2,7-8,17-25H2,(H,39,45)(H,40,47)(H,41,46)/t33-/m1/s1. The normalized spacial score (nSPS) is 14.4. The Kier molecular flexibility index (Phi) is 12.6. The van der Waals surface area contributed by atoms with Gasteiger partial charge in [-0.1, -0.05) is 61.0 Å². The number of phenols is 1. The molecule has 1 aliphatic heterocycles. The highest BCUT2D eigenvalue weighted by molar-refractivity contribution is 5.91. The van der Waals surface area contributed by atoms with E-state index in [4.69, 9.17) is 4.74 Å². The third-order valence-corrected chi connectivity index (χ3v) is 8.67. The summed E-state index contributed by atoms with van der Waals surface area (Å²) in [6.45, 7) is 3.91. The zero-order valence-corrected chi connectivity index (χ0v) is 27.1. The number of aromatic amines is 1. The highest BCUT2D eigenvalue weighted by Crippen LogP contribution is 2.29. The van der Waals surface area contributed by atoms with Crippen LogP contribution in [0.3, 0.4) is 0 Å². The summed E-state index contributed by atoms with van der Waals surface area (Å²) in [5.74, 6) is 0.00245. The minimum Gasteiger partial charge on any atom is -0.506 e. The number of para-hydroxylation sites is 1. The molecule has 5 rings (SSSR count). The number of anilines is 1. The average Bonchev–Trinajstić information content (AvgIpc) is 3.10. The fraction of sp³-hybridized carbons (Fsp3) is 0.378. The molecule has 0 spiro atoms. The van der Waals surface area contributed by atoms with Gasteiger partial charge in [-0.2, -0.15) is 0 Å². The van der Waals surface area contributed by atoms with E-state index in [9.17, 15) is 24.6 Å². The Morgan fingerprint density at radius 1 is 0.917 bits per heavy atom. The topological polar surface area (TPSA) is 156 Å². The van der Waals surface area contributed by atoms with Crippen LogP contribution in [0.25, 0.3) is 22.0 Å². The van der Waals surface area contributed by atoms with Crippen molar-refractivity contribution in [3.63, 3.8) is 0 Å². The van der Waals surface area contributed by atoms with Gasteiger partial charge in [0.05, 0.1) is 17.3 Å². The van der Waals surface area contributed by atoms with Gasteiger partial charge in [-0.05, 0) is 61.6 Å². The number of hydrogen-bond donors (Lipinski definition) is 6. The maximum absolute atomic E-state index is 12.7. The lowest BCUT2D eigenvalue weighted by atomic mass is 10.0. The number of aliphatic hydroxyl groups is 1. The first-order chi connectivity index (χ1) is 23.4. The molecule has 0 radical (unpaired) electrons. The van der Waals surface area contributed by atoms with E-state index in [-0.39, 0.29) is 23.3 Å². The van der Waals surface area contributed by atoms with E-state index in [1.807, 2.05) is 54.6 Å². The molecule has 1 aliphatic rings. The molecule has 1 aromatic heterocycles. The third kappa shape index (κ3) is 9.90. The van der Waals surface area contributed by atoms with Gasteiger partial charge in [-0.3, -0.25) is 14.9 Å². The fourth-order valence-electron chi connectivity index (χ4n) is 6.03. The number of likely N-dealkylation sites (tertiary alicyclic amines) is 1. The van der Waals surface area contributed by atoms with Crippen molar-refractivity contribution in [1.29, 1.82) is 0 Å². The number of H-pyrrole nitrogens is 1. The molecular formula is C37H45N5O6. The Hall–Kier alpha value is -4.71. The summed E-state index contributed by atoms with van der Waals surface area (Å²) in [4.78, 5) is 41.5. The lowest BCUT2D eigenvalue weighted by Gasteiger charge is -2.31. The van der Waals surface area contributed by atoms with E-state index in [1.165, 1.54) is 12.1 Å². The maximum atomic E-state index is 12.7. The second-order valence-electron chi connectivity index (χ2n) is 12.1. The number of benzene rings is 3. The molecule has 11 nitrogen and oxygen atoms in total. The lowest BCUT2D eigenvalue weighted by molar-refractivity contribution is -0.121. The number of pyridine rings is 1. The number of ether oxygens (including phenoxy) is 1. The fourth-order valence-corrected chi connectivity index (χ4v) is 6.03. The van der Waals surface area contributed by atoms with Crippen molar-refractivity contribution in [2.24, 2.45) is 0 Å². The molecule has 0 unspecified atom stereocenters. The maximum Gasteiger partial charge on any atom is 0.411 e. The van der Waals surface area contributed by atoms with Crippen molar-refractivity contribution >= 4 is 28.6 Å². The van der Waals surface area contributed by atoms with Gasteiger partial charge >= 0.3 is 6.09 Å². The van der Waals surface area contributed by atoms with Crippen molar-refractivity contribution < 1.29 is 24.5 Å². The third-order valence-electron chi connectivity index (χ3n) is 8.67. The number of aromatic nitrogens is 1. The largest absolute Gasteiger partial charge is 0.506 e. The zero-order valence-electron chi connectivity index (χ0n) is 27.1. The Bertz CT molecular complexity index is 1700. The van der Waals surface area contributed by atoms with Gasteiger partial charge in [-0.15, -0.1) is 0 Å². The number of piperidine rings is 1. The minimum absolute atomic E-state index is 0.0332. The van der Waals surface area contributed by atoms with E-state index in [0.717, 1.165) is 62.9 Å². The first-order valence-corrected chi connectivity index (χ1v) is 16.7. The van der Waals surface area contributed by atoms with Gasteiger partial charge < -0.3 is 35.5 Å². The van der Waals surface area contributed by atoms with Crippen LogP contribution in [0.15, 0.2) is 83.7 Å². The Morgan fingerprint density at radius 2 is 1.67 bits per heavy atom. The van der Waals surface area contributed by atoms with Gasteiger partial charge in [-0.25, -0.2) is 4.79 Å². The Labute approximate surface area is 280 Å². The van der Waals surface area contributed by atoms with Crippen LogP contribution >= 0.6 is 0 Å². The van der Waals surface area contributed by atoms with Crippen LogP contribution < -0.4 is 21.5 Å². The second kappa shape index (κ2) is 17.4. The molecule has 3 aromatic carbocycles. The summed E-state index contributed by atoms with van der Waals surface area (Å²) < 4.78 is 5.72. The summed E-state index contributed by atoms with van der Waals surface area (Å²) in [5.41, 5.74) is 3.32. The number of nitrogens with one attached hydrogen (secondary N) is 4. The first-order valence-electron chi connectivity index (χ1n) is 16.7. The number of nitrogens with zero attached hydrogens (tertiary/aromatic N) is 1. The molecular weight excluding hydrogens is 610 g/mol. The number of aromatic hydroxyl groups is 1.